The highest BCUT2D eigenvalue weighted by Gasteiger charge is 2.37. The Morgan fingerprint density at radius 2 is 1.31 bits per heavy atom. The normalized spacial score (nSPS) is 19.2. The minimum atomic E-state index is -1.83. The number of aliphatic hydroxyl groups is 1. The van der Waals surface area contributed by atoms with Crippen molar-refractivity contribution in [2.45, 2.75) is 160 Å². The first-order chi connectivity index (χ1) is 31.9. The number of nitrogens with one attached hydrogen (secondary N) is 9. The molecule has 0 spiro atoms. The van der Waals surface area contributed by atoms with Gasteiger partial charge in [0.15, 0.2) is 0 Å². The van der Waals surface area contributed by atoms with E-state index in [1.54, 1.807) is 13.8 Å². The molecule has 0 unspecified atom stereocenters. The van der Waals surface area contributed by atoms with E-state index in [2.05, 4.69) is 47.9 Å². The van der Waals surface area contributed by atoms with Crippen LogP contribution in [0.15, 0.2) is 0 Å². The van der Waals surface area contributed by atoms with Gasteiger partial charge in [0, 0.05) is 19.5 Å². The van der Waals surface area contributed by atoms with E-state index in [-0.39, 0.29) is 44.7 Å². The van der Waals surface area contributed by atoms with Gasteiger partial charge in [0.1, 0.15) is 42.3 Å². The zero-order valence-corrected chi connectivity index (χ0v) is 39.1. The molecule has 382 valence electrons. The molecular weight excluding hydrogens is 899 g/mol. The van der Waals surface area contributed by atoms with Gasteiger partial charge in [0.05, 0.1) is 31.7 Å². The van der Waals surface area contributed by atoms with Gasteiger partial charge in [-0.2, -0.15) is 0 Å². The number of rotatable bonds is 29. The number of nitrogens with zero attached hydrogens (tertiary/aromatic N) is 1. The highest BCUT2D eigenvalue weighted by atomic mass is 16.4. The molecule has 26 nitrogen and oxygen atoms in total. The SMILES string of the molecule is CCCCC[C@H](NC(=O)[C@@H]1CCCN1C(=O)CNC(=O)[C@H](C)NC(=O)[C@H](CC(C)C)NC(=O)[C@H](C)NC(=O)[C@H](CC(=O)O)NC(=O)[C@H](CCC(N)=O)NC(=O)CNC(=O)[C@@H]1C[C@@H](O)CN1)C(=O)O. The summed E-state index contributed by atoms with van der Waals surface area (Å²) in [6.45, 7) is 7.19. The predicted molar refractivity (Wildman–Crippen MR) is 238 cm³/mol. The molecule has 0 aromatic carbocycles. The third-order valence-electron chi connectivity index (χ3n) is 11.0. The Labute approximate surface area is 393 Å². The predicted octanol–water partition coefficient (Wildman–Crippen LogP) is -4.67. The lowest BCUT2D eigenvalue weighted by molar-refractivity contribution is -0.144. The molecule has 68 heavy (non-hydrogen) atoms. The number of hydrogen-bond donors (Lipinski definition) is 13. The molecular formula is C42H69N11O15. The molecule has 2 aliphatic heterocycles. The number of carbonyl (C=O) groups is 12. The van der Waals surface area contributed by atoms with E-state index in [0.29, 0.717) is 19.3 Å². The van der Waals surface area contributed by atoms with Crippen molar-refractivity contribution in [3.8, 4) is 0 Å². The Morgan fingerprint density at radius 3 is 1.88 bits per heavy atom. The van der Waals surface area contributed by atoms with E-state index < -0.39 is 151 Å². The van der Waals surface area contributed by atoms with Gasteiger partial charge in [0.25, 0.3) is 0 Å². The van der Waals surface area contributed by atoms with Crippen LogP contribution in [0.5, 0.6) is 0 Å². The molecule has 0 aromatic rings. The third-order valence-corrected chi connectivity index (χ3v) is 11.0. The van der Waals surface area contributed by atoms with Gasteiger partial charge in [-0.3, -0.25) is 52.7 Å². The Hall–Kier alpha value is -6.44. The van der Waals surface area contributed by atoms with E-state index in [0.717, 1.165) is 12.8 Å². The van der Waals surface area contributed by atoms with E-state index in [9.17, 15) is 72.9 Å². The molecule has 0 aromatic heterocycles. The summed E-state index contributed by atoms with van der Waals surface area (Å²) in [7, 11) is 0. The van der Waals surface area contributed by atoms with Crippen molar-refractivity contribution < 1.29 is 72.9 Å². The minimum absolute atomic E-state index is 0.0468. The molecule has 26 heteroatoms. The number of hydrogen-bond acceptors (Lipinski definition) is 14. The van der Waals surface area contributed by atoms with Gasteiger partial charge in [-0.1, -0.05) is 40.0 Å². The molecule has 14 N–H and O–H groups in total. The van der Waals surface area contributed by atoms with Crippen LogP contribution in [0, 0.1) is 5.92 Å². The van der Waals surface area contributed by atoms with Crippen LogP contribution < -0.4 is 53.6 Å². The zero-order chi connectivity index (χ0) is 51.2. The summed E-state index contributed by atoms with van der Waals surface area (Å²) in [6.07, 6.45) is 0.840. The molecule has 0 aliphatic carbocycles. The Bertz CT molecular complexity index is 1850. The van der Waals surface area contributed by atoms with Gasteiger partial charge in [0.2, 0.25) is 59.1 Å². The number of carbonyl (C=O) groups excluding carboxylic acids is 10. The number of likely N-dealkylation sites (tertiary alicyclic amines) is 1. The highest BCUT2D eigenvalue weighted by Crippen LogP contribution is 2.18. The highest BCUT2D eigenvalue weighted by molar-refractivity contribution is 5.98. The number of β-amino-alcohol motifs (C(OH)–C–C–N with tert-alkyl or cyclic N) is 1. The molecule has 9 atom stereocenters. The average Bonchev–Trinajstić information content (AvgIpc) is 3.94. The Morgan fingerprint density at radius 1 is 0.691 bits per heavy atom. The van der Waals surface area contributed by atoms with Crippen LogP contribution in [-0.4, -0.2) is 172 Å². The Balaban J connectivity index is 2.02. The van der Waals surface area contributed by atoms with Crippen LogP contribution >= 0.6 is 0 Å². The number of primary amides is 1. The van der Waals surface area contributed by atoms with Crippen LogP contribution in [-0.2, 0) is 57.5 Å². The molecule has 0 radical (unpaired) electrons. The lowest BCUT2D eigenvalue weighted by Crippen LogP contribution is -2.59. The first-order valence-electron chi connectivity index (χ1n) is 22.7. The summed E-state index contributed by atoms with van der Waals surface area (Å²) in [4.78, 5) is 154. The fourth-order valence-corrected chi connectivity index (χ4v) is 7.30. The third kappa shape index (κ3) is 20.2. The standard InChI is InChI=1S/C42H69N11O15/c1-6-7-8-10-26(42(67)68)50-41(66)30-11-9-14-53(30)33(57)20-46-35(60)22(4)47-39(64)28(15-21(2)3)51-36(61)23(5)48-40(65)29(17-34(58)59)52-38(63)25(12-13-31(43)55)49-32(56)19-45-37(62)27-16-24(54)18-44-27/h21-30,44,54H,6-20H2,1-5H3,(H2,43,55)(H,45,62)(H,46,60)(H,47,64)(H,48,65)(H,49,56)(H,50,66)(H,51,61)(H,52,63)(H,58,59)(H,67,68)/t22-,23-,24+,25-,26-,27-,28-,29-,30-/m0/s1. The summed E-state index contributed by atoms with van der Waals surface area (Å²) < 4.78 is 0. The second-order valence-electron chi connectivity index (χ2n) is 17.4. The van der Waals surface area contributed by atoms with Crippen molar-refractivity contribution in [3.63, 3.8) is 0 Å². The summed E-state index contributed by atoms with van der Waals surface area (Å²) in [5.74, 6) is -11.3. The van der Waals surface area contributed by atoms with Crippen molar-refractivity contribution in [2.75, 3.05) is 26.2 Å². The molecule has 10 amide bonds. The Kier molecular flexibility index (Phi) is 24.3. The number of nitrogens with two attached hydrogens (primary N) is 1. The summed E-state index contributed by atoms with van der Waals surface area (Å²) in [6, 6.07) is -10.1. The summed E-state index contributed by atoms with van der Waals surface area (Å²) >= 11 is 0. The molecule has 2 heterocycles. The van der Waals surface area contributed by atoms with E-state index >= 15 is 0 Å². The summed E-state index contributed by atoms with van der Waals surface area (Å²) in [5.41, 5.74) is 5.22. The molecule has 2 aliphatic rings. The number of aliphatic carboxylic acids is 2. The smallest absolute Gasteiger partial charge is 0.326 e. The van der Waals surface area contributed by atoms with Gasteiger partial charge < -0.3 is 73.8 Å². The lowest BCUT2D eigenvalue weighted by atomic mass is 10.0. The lowest BCUT2D eigenvalue weighted by Gasteiger charge is -2.26. The fourth-order valence-electron chi connectivity index (χ4n) is 7.30. The topological polar surface area (TPSA) is 403 Å². The molecule has 0 bridgehead atoms. The molecule has 2 rings (SSSR count). The van der Waals surface area contributed by atoms with Crippen molar-refractivity contribution in [3.05, 3.63) is 0 Å². The van der Waals surface area contributed by atoms with E-state index in [4.69, 9.17) is 5.73 Å². The first kappa shape index (κ1) is 57.7. The van der Waals surface area contributed by atoms with Gasteiger partial charge in [-0.15, -0.1) is 0 Å². The second kappa shape index (κ2) is 28.7. The van der Waals surface area contributed by atoms with E-state index in [1.807, 2.05) is 6.92 Å². The summed E-state index contributed by atoms with van der Waals surface area (Å²) in [5, 5.41) is 50.5. The first-order valence-corrected chi connectivity index (χ1v) is 22.7. The number of aliphatic hydroxyl groups excluding tert-OH is 1. The van der Waals surface area contributed by atoms with Crippen LogP contribution in [0.1, 0.15) is 105 Å². The quantitative estimate of drug-likeness (QED) is 0.0314. The van der Waals surface area contributed by atoms with Crippen LogP contribution in [0.25, 0.3) is 0 Å². The molecule has 0 saturated carbocycles. The minimum Gasteiger partial charge on any atom is -0.481 e. The monoisotopic (exact) mass is 967 g/mol. The largest absolute Gasteiger partial charge is 0.481 e. The molecule has 2 saturated heterocycles. The van der Waals surface area contributed by atoms with Crippen LogP contribution in [0.2, 0.25) is 0 Å². The fraction of sp³-hybridized carbons (Fsp3) is 0.714. The average molecular weight is 968 g/mol. The van der Waals surface area contributed by atoms with Gasteiger partial charge >= 0.3 is 11.9 Å². The number of carboxylic acids is 2. The van der Waals surface area contributed by atoms with Gasteiger partial charge in [-0.05, 0) is 58.3 Å². The maximum atomic E-state index is 13.4. The van der Waals surface area contributed by atoms with E-state index in [1.165, 1.54) is 18.7 Å². The molecule has 2 fully saturated rings. The van der Waals surface area contributed by atoms with Gasteiger partial charge in [-0.25, -0.2) is 4.79 Å². The van der Waals surface area contributed by atoms with Crippen molar-refractivity contribution in [2.24, 2.45) is 11.7 Å². The van der Waals surface area contributed by atoms with Crippen molar-refractivity contribution >= 4 is 71.0 Å². The number of amides is 10. The maximum absolute atomic E-state index is 13.4. The second-order valence-corrected chi connectivity index (χ2v) is 17.4. The maximum Gasteiger partial charge on any atom is 0.326 e. The zero-order valence-electron chi connectivity index (χ0n) is 39.1. The number of carboxylic acid groups (broad SMARTS) is 2. The van der Waals surface area contributed by atoms with Crippen LogP contribution in [0.3, 0.4) is 0 Å². The van der Waals surface area contributed by atoms with Crippen molar-refractivity contribution in [1.82, 2.24) is 52.8 Å². The van der Waals surface area contributed by atoms with Crippen molar-refractivity contribution in [1.29, 1.82) is 0 Å². The van der Waals surface area contributed by atoms with Crippen LogP contribution in [0.4, 0.5) is 0 Å². The number of unbranched alkanes of at least 4 members (excludes halogenated alkanes) is 2.